The summed E-state index contributed by atoms with van der Waals surface area (Å²) in [6, 6.07) is 0.0812. The van der Waals surface area contributed by atoms with Gasteiger partial charge in [-0.15, -0.1) is 5.10 Å². The number of aliphatic hydroxyl groups is 1. The maximum absolute atomic E-state index is 11.3. The Morgan fingerprint density at radius 3 is 2.71 bits per heavy atom. The Kier molecular flexibility index (Phi) is 3.77. The lowest BCUT2D eigenvalue weighted by Gasteiger charge is -2.08. The molecule has 14 heavy (non-hydrogen) atoms. The van der Waals surface area contributed by atoms with Crippen molar-refractivity contribution in [1.82, 2.24) is 14.8 Å². The molecule has 0 spiro atoms. The normalized spacial score (nSPS) is 13.5. The number of hydrogen-bond acceptors (Lipinski definition) is 4. The smallest absolute Gasteiger partial charge is 0.344 e. The molecule has 0 aromatic carbocycles. The van der Waals surface area contributed by atoms with Crippen LogP contribution in [0.1, 0.15) is 26.8 Å². The number of aliphatic hydroxyl groups excluding tert-OH is 1. The second-order valence-electron chi connectivity index (χ2n) is 3.44. The molecule has 1 rings (SSSR count). The van der Waals surface area contributed by atoms with Crippen molar-refractivity contribution in [3.05, 3.63) is 10.5 Å². The van der Waals surface area contributed by atoms with Gasteiger partial charge >= 0.3 is 5.69 Å². The lowest BCUT2D eigenvalue weighted by Crippen LogP contribution is -2.19. The van der Waals surface area contributed by atoms with Gasteiger partial charge in [-0.2, -0.15) is 0 Å². The molecule has 6 heteroatoms. The summed E-state index contributed by atoms with van der Waals surface area (Å²) in [6.07, 6.45) is -0.396. The van der Waals surface area contributed by atoms with Crippen molar-refractivity contribution in [1.29, 1.82) is 0 Å². The van der Waals surface area contributed by atoms with Crippen LogP contribution in [0, 0.1) is 0 Å². The summed E-state index contributed by atoms with van der Waals surface area (Å²) < 4.78 is 1.58. The topological polar surface area (TPSA) is 70.9 Å². The predicted molar refractivity (Wildman–Crippen MR) is 55.6 cm³/mol. The summed E-state index contributed by atoms with van der Waals surface area (Å²) in [5, 5.41) is 16.0. The van der Waals surface area contributed by atoms with E-state index in [1.54, 1.807) is 11.5 Å². The number of nitrogens with one attached hydrogen (secondary N) is 1. The van der Waals surface area contributed by atoms with Crippen molar-refractivity contribution in [2.24, 2.45) is 0 Å². The van der Waals surface area contributed by atoms with Crippen LogP contribution in [0.4, 0.5) is 0 Å². The van der Waals surface area contributed by atoms with E-state index < -0.39 is 6.10 Å². The van der Waals surface area contributed by atoms with Gasteiger partial charge in [0.25, 0.3) is 0 Å². The highest BCUT2D eigenvalue weighted by atomic mass is 32.2. The number of nitrogens with zero attached hydrogens (tertiary/aromatic N) is 2. The first kappa shape index (κ1) is 11.3. The van der Waals surface area contributed by atoms with Gasteiger partial charge in [0, 0.05) is 11.8 Å². The quantitative estimate of drug-likeness (QED) is 0.725. The van der Waals surface area contributed by atoms with E-state index in [2.05, 4.69) is 10.2 Å². The second kappa shape index (κ2) is 4.65. The number of hydrogen-bond donors (Lipinski definition) is 2. The largest absolute Gasteiger partial charge is 0.393 e. The molecule has 0 aliphatic carbocycles. The van der Waals surface area contributed by atoms with Crippen LogP contribution in [-0.4, -0.2) is 31.7 Å². The average Bonchev–Trinajstić information content (AvgIpc) is 2.43. The Morgan fingerprint density at radius 1 is 1.57 bits per heavy atom. The summed E-state index contributed by atoms with van der Waals surface area (Å²) in [5.74, 6) is 0.539. The maximum atomic E-state index is 11.3. The second-order valence-corrected chi connectivity index (χ2v) is 4.42. The lowest BCUT2D eigenvalue weighted by atomic mass is 10.4. The minimum absolute atomic E-state index is 0.0812. The van der Waals surface area contributed by atoms with Crippen molar-refractivity contribution in [2.75, 3.05) is 5.75 Å². The van der Waals surface area contributed by atoms with E-state index in [1.165, 1.54) is 11.8 Å². The van der Waals surface area contributed by atoms with Gasteiger partial charge in [-0.25, -0.2) is 9.89 Å². The highest BCUT2D eigenvalue weighted by molar-refractivity contribution is 7.99. The minimum Gasteiger partial charge on any atom is -0.393 e. The van der Waals surface area contributed by atoms with E-state index in [4.69, 9.17) is 5.11 Å². The Bertz CT molecular complexity index is 343. The molecule has 1 heterocycles. The number of rotatable bonds is 4. The number of aromatic nitrogens is 3. The molecule has 0 aliphatic rings. The highest BCUT2D eigenvalue weighted by Crippen LogP contribution is 2.17. The van der Waals surface area contributed by atoms with Crippen molar-refractivity contribution >= 4 is 11.8 Å². The van der Waals surface area contributed by atoms with Crippen LogP contribution in [0.2, 0.25) is 0 Å². The third-order valence-corrected chi connectivity index (χ3v) is 2.84. The third-order valence-electron chi connectivity index (χ3n) is 1.64. The van der Waals surface area contributed by atoms with Crippen LogP contribution < -0.4 is 5.69 Å². The van der Waals surface area contributed by atoms with Crippen LogP contribution in [0.15, 0.2) is 9.95 Å². The van der Waals surface area contributed by atoms with Crippen LogP contribution in [0.5, 0.6) is 0 Å². The van der Waals surface area contributed by atoms with E-state index in [1.807, 2.05) is 13.8 Å². The molecule has 0 saturated carbocycles. The van der Waals surface area contributed by atoms with E-state index in [0.29, 0.717) is 10.9 Å². The van der Waals surface area contributed by atoms with E-state index in [9.17, 15) is 4.79 Å². The van der Waals surface area contributed by atoms with Crippen molar-refractivity contribution in [2.45, 2.75) is 38.1 Å². The van der Waals surface area contributed by atoms with Crippen LogP contribution in [0.25, 0.3) is 0 Å². The summed E-state index contributed by atoms with van der Waals surface area (Å²) in [6.45, 7) is 5.55. The highest BCUT2D eigenvalue weighted by Gasteiger charge is 2.12. The zero-order chi connectivity index (χ0) is 10.7. The van der Waals surface area contributed by atoms with Gasteiger partial charge < -0.3 is 5.11 Å². The van der Waals surface area contributed by atoms with Gasteiger partial charge in [0.2, 0.25) is 0 Å². The van der Waals surface area contributed by atoms with Gasteiger partial charge in [0.1, 0.15) is 0 Å². The van der Waals surface area contributed by atoms with Gasteiger partial charge in [-0.05, 0) is 20.8 Å². The SMILES string of the molecule is CC(O)CSc1n[nH]c(=O)n1C(C)C. The first-order chi connectivity index (χ1) is 6.52. The molecule has 0 aliphatic heterocycles. The molecule has 0 amide bonds. The number of H-pyrrole nitrogens is 1. The molecule has 5 nitrogen and oxygen atoms in total. The van der Waals surface area contributed by atoms with Crippen molar-refractivity contribution in [3.63, 3.8) is 0 Å². The molecule has 1 aromatic rings. The molecule has 2 N–H and O–H groups in total. The predicted octanol–water partition coefficient (Wildman–Crippen LogP) is 0.625. The van der Waals surface area contributed by atoms with Crippen LogP contribution in [0.3, 0.4) is 0 Å². The van der Waals surface area contributed by atoms with Gasteiger partial charge in [0.15, 0.2) is 5.16 Å². The van der Waals surface area contributed by atoms with Crippen molar-refractivity contribution in [3.8, 4) is 0 Å². The summed E-state index contributed by atoms with van der Waals surface area (Å²) in [7, 11) is 0. The average molecular weight is 217 g/mol. The van der Waals surface area contributed by atoms with Crippen LogP contribution >= 0.6 is 11.8 Å². The monoisotopic (exact) mass is 217 g/mol. The molecule has 1 aromatic heterocycles. The molecule has 0 bridgehead atoms. The number of thioether (sulfide) groups is 1. The summed E-state index contributed by atoms with van der Waals surface area (Å²) >= 11 is 1.37. The van der Waals surface area contributed by atoms with E-state index in [-0.39, 0.29) is 11.7 Å². The molecule has 0 fully saturated rings. The molecule has 0 radical (unpaired) electrons. The first-order valence-corrected chi connectivity index (χ1v) is 5.48. The fourth-order valence-electron chi connectivity index (χ4n) is 1.04. The minimum atomic E-state index is -0.396. The Hall–Kier alpha value is -0.750. The van der Waals surface area contributed by atoms with Gasteiger partial charge in [0.05, 0.1) is 6.10 Å². The Morgan fingerprint density at radius 2 is 2.21 bits per heavy atom. The third kappa shape index (κ3) is 2.62. The van der Waals surface area contributed by atoms with Crippen molar-refractivity contribution < 1.29 is 5.11 Å². The molecular weight excluding hydrogens is 202 g/mol. The fourth-order valence-corrected chi connectivity index (χ4v) is 1.98. The van der Waals surface area contributed by atoms with Gasteiger partial charge in [-0.3, -0.25) is 4.57 Å². The summed E-state index contributed by atoms with van der Waals surface area (Å²) in [5.41, 5.74) is -0.201. The standard InChI is InChI=1S/C8H15N3O2S/c1-5(2)11-7(13)9-10-8(11)14-4-6(3)12/h5-6,12H,4H2,1-3H3,(H,9,13). The molecular formula is C8H15N3O2S. The first-order valence-electron chi connectivity index (χ1n) is 4.50. The Labute approximate surface area is 86.5 Å². The van der Waals surface area contributed by atoms with E-state index in [0.717, 1.165) is 0 Å². The zero-order valence-corrected chi connectivity index (χ0v) is 9.34. The summed E-state index contributed by atoms with van der Waals surface area (Å²) in [4.78, 5) is 11.3. The Balaban J connectivity index is 2.81. The van der Waals surface area contributed by atoms with Crippen LogP contribution in [-0.2, 0) is 0 Å². The maximum Gasteiger partial charge on any atom is 0.344 e. The van der Waals surface area contributed by atoms with E-state index >= 15 is 0 Å². The lowest BCUT2D eigenvalue weighted by molar-refractivity contribution is 0.220. The zero-order valence-electron chi connectivity index (χ0n) is 8.52. The molecule has 1 unspecified atom stereocenters. The van der Waals surface area contributed by atoms with Gasteiger partial charge in [-0.1, -0.05) is 11.8 Å². The fraction of sp³-hybridized carbons (Fsp3) is 0.750. The molecule has 0 saturated heterocycles. The molecule has 80 valence electrons. The number of aromatic amines is 1. The molecule has 1 atom stereocenters.